The minimum atomic E-state index is 0. The highest BCUT2D eigenvalue weighted by Gasteiger charge is 2.26. The van der Waals surface area contributed by atoms with E-state index in [4.69, 9.17) is 0 Å². The van der Waals surface area contributed by atoms with Crippen LogP contribution in [0, 0.1) is 0 Å². The molecule has 2 unspecified atom stereocenters. The van der Waals surface area contributed by atoms with Crippen molar-refractivity contribution in [2.24, 2.45) is 0 Å². The van der Waals surface area contributed by atoms with Crippen molar-refractivity contribution in [1.82, 2.24) is 10.2 Å². The van der Waals surface area contributed by atoms with E-state index in [1.54, 1.807) is 0 Å². The second-order valence-corrected chi connectivity index (χ2v) is 5.19. The molecule has 1 heterocycles. The molecular weight excluding hydrogens is 260 g/mol. The first-order valence-electron chi connectivity index (χ1n) is 6.75. The van der Waals surface area contributed by atoms with E-state index in [2.05, 4.69) is 26.1 Å². The van der Waals surface area contributed by atoms with Gasteiger partial charge < -0.3 is 10.2 Å². The molecule has 19 heavy (non-hydrogen) atoms. The van der Waals surface area contributed by atoms with Gasteiger partial charge in [0.05, 0.1) is 0 Å². The summed E-state index contributed by atoms with van der Waals surface area (Å²) in [5.41, 5.74) is 2.00. The molecule has 1 aliphatic heterocycles. The fraction of sp³-hybridized carbons (Fsp3) is 0.533. The first kappa shape index (κ1) is 16.0. The zero-order chi connectivity index (χ0) is 13.1. The summed E-state index contributed by atoms with van der Waals surface area (Å²) in [6.45, 7) is 7.93. The highest BCUT2D eigenvalue weighted by Crippen LogP contribution is 2.15. The Bertz CT molecular complexity index is 426. The topological polar surface area (TPSA) is 32.3 Å². The summed E-state index contributed by atoms with van der Waals surface area (Å²) in [5, 5.41) is 3.45. The summed E-state index contributed by atoms with van der Waals surface area (Å²) in [6.07, 6.45) is 0.902. The van der Waals surface area contributed by atoms with Crippen LogP contribution in [0.3, 0.4) is 0 Å². The van der Waals surface area contributed by atoms with Crippen molar-refractivity contribution in [3.05, 3.63) is 35.4 Å². The first-order chi connectivity index (χ1) is 8.61. The number of rotatable bonds is 2. The third kappa shape index (κ3) is 3.71. The Kier molecular flexibility index (Phi) is 5.83. The number of nitrogens with zero attached hydrogens (tertiary/aromatic N) is 1. The molecule has 0 aliphatic carbocycles. The van der Waals surface area contributed by atoms with E-state index in [1.807, 2.05) is 29.2 Å². The van der Waals surface area contributed by atoms with E-state index in [9.17, 15) is 4.79 Å². The van der Waals surface area contributed by atoms with Gasteiger partial charge in [-0.2, -0.15) is 0 Å². The molecule has 1 aliphatic rings. The van der Waals surface area contributed by atoms with Crippen LogP contribution in [0.1, 0.15) is 36.7 Å². The van der Waals surface area contributed by atoms with Crippen molar-refractivity contribution in [3.63, 3.8) is 0 Å². The molecule has 0 aromatic heterocycles. The number of nitrogens with one attached hydrogen (secondary N) is 1. The Hall–Kier alpha value is -1.06. The maximum absolute atomic E-state index is 12.6. The van der Waals surface area contributed by atoms with Gasteiger partial charge in [0, 0.05) is 30.7 Å². The summed E-state index contributed by atoms with van der Waals surface area (Å²) >= 11 is 0. The van der Waals surface area contributed by atoms with E-state index in [0.717, 1.165) is 30.6 Å². The Morgan fingerprint density at radius 3 is 2.42 bits per heavy atom. The fourth-order valence-electron chi connectivity index (χ4n) is 2.70. The minimum absolute atomic E-state index is 0. The number of hydrogen-bond donors (Lipinski definition) is 1. The lowest BCUT2D eigenvalue weighted by molar-refractivity contribution is 0.0672. The molecule has 2 atom stereocenters. The molecule has 2 rings (SSSR count). The maximum atomic E-state index is 12.6. The molecule has 1 amide bonds. The molecule has 1 aromatic carbocycles. The van der Waals surface area contributed by atoms with Crippen LogP contribution in [0.5, 0.6) is 0 Å². The van der Waals surface area contributed by atoms with Crippen molar-refractivity contribution in [2.75, 3.05) is 13.1 Å². The van der Waals surface area contributed by atoms with Crippen LogP contribution in [0.15, 0.2) is 24.3 Å². The smallest absolute Gasteiger partial charge is 0.254 e. The van der Waals surface area contributed by atoms with Crippen LogP contribution < -0.4 is 5.32 Å². The van der Waals surface area contributed by atoms with E-state index in [1.165, 1.54) is 0 Å². The highest BCUT2D eigenvalue weighted by molar-refractivity contribution is 5.95. The molecule has 0 spiro atoms. The quantitative estimate of drug-likeness (QED) is 0.904. The van der Waals surface area contributed by atoms with Crippen LogP contribution in [0.25, 0.3) is 0 Å². The number of benzene rings is 1. The molecule has 1 saturated heterocycles. The monoisotopic (exact) mass is 282 g/mol. The van der Waals surface area contributed by atoms with Crippen LogP contribution >= 0.6 is 12.4 Å². The average molecular weight is 283 g/mol. The molecule has 0 radical (unpaired) electrons. The largest absolute Gasteiger partial charge is 0.336 e. The van der Waals surface area contributed by atoms with Crippen LogP contribution in [0.2, 0.25) is 0 Å². The SMILES string of the molecule is CCc1ccccc1C(=O)N1CC(C)NC(C)C1.Cl. The molecule has 1 aromatic rings. The zero-order valence-corrected chi connectivity index (χ0v) is 12.7. The van der Waals surface area contributed by atoms with Gasteiger partial charge in [-0.1, -0.05) is 25.1 Å². The number of piperazine rings is 1. The second kappa shape index (κ2) is 6.92. The van der Waals surface area contributed by atoms with Gasteiger partial charge >= 0.3 is 0 Å². The van der Waals surface area contributed by atoms with E-state index in [0.29, 0.717) is 12.1 Å². The van der Waals surface area contributed by atoms with Gasteiger partial charge in [0.1, 0.15) is 0 Å². The third-order valence-corrected chi connectivity index (χ3v) is 3.47. The van der Waals surface area contributed by atoms with Crippen molar-refractivity contribution < 1.29 is 4.79 Å². The van der Waals surface area contributed by atoms with Gasteiger partial charge in [-0.05, 0) is 31.9 Å². The first-order valence-corrected chi connectivity index (χ1v) is 6.75. The normalized spacial score (nSPS) is 22.8. The van der Waals surface area contributed by atoms with Gasteiger partial charge in [-0.25, -0.2) is 0 Å². The van der Waals surface area contributed by atoms with Gasteiger partial charge in [0.2, 0.25) is 0 Å². The number of carbonyl (C=O) groups is 1. The van der Waals surface area contributed by atoms with Crippen molar-refractivity contribution in [2.45, 2.75) is 39.3 Å². The fourth-order valence-corrected chi connectivity index (χ4v) is 2.70. The Morgan fingerprint density at radius 2 is 1.84 bits per heavy atom. The molecule has 0 bridgehead atoms. The maximum Gasteiger partial charge on any atom is 0.254 e. The molecule has 0 saturated carbocycles. The Labute approximate surface area is 121 Å². The number of halogens is 1. The molecular formula is C15H23ClN2O. The lowest BCUT2D eigenvalue weighted by atomic mass is 10.0. The summed E-state index contributed by atoms with van der Waals surface area (Å²) in [6, 6.07) is 8.67. The summed E-state index contributed by atoms with van der Waals surface area (Å²) in [5.74, 6) is 0.174. The predicted octanol–water partition coefficient (Wildman–Crippen LogP) is 2.49. The average Bonchev–Trinajstić information content (AvgIpc) is 2.36. The van der Waals surface area contributed by atoms with Crippen molar-refractivity contribution >= 4 is 18.3 Å². The minimum Gasteiger partial charge on any atom is -0.336 e. The molecule has 1 fully saturated rings. The lowest BCUT2D eigenvalue weighted by Crippen LogP contribution is -2.55. The standard InChI is InChI=1S/C15H22N2O.ClH/c1-4-13-7-5-6-8-14(13)15(18)17-9-11(2)16-12(3)10-17;/h5-8,11-12,16H,4,9-10H2,1-3H3;1H. The predicted molar refractivity (Wildman–Crippen MR) is 81.0 cm³/mol. The molecule has 3 nitrogen and oxygen atoms in total. The van der Waals surface area contributed by atoms with Gasteiger partial charge in [-0.15, -0.1) is 12.4 Å². The van der Waals surface area contributed by atoms with Crippen molar-refractivity contribution in [3.8, 4) is 0 Å². The molecule has 106 valence electrons. The number of aryl methyl sites for hydroxylation is 1. The van der Waals surface area contributed by atoms with Gasteiger partial charge in [0.15, 0.2) is 0 Å². The van der Waals surface area contributed by atoms with E-state index in [-0.39, 0.29) is 18.3 Å². The number of carbonyl (C=O) groups excluding carboxylic acids is 1. The number of hydrogen-bond acceptors (Lipinski definition) is 2. The molecule has 1 N–H and O–H groups in total. The second-order valence-electron chi connectivity index (χ2n) is 5.19. The van der Waals surface area contributed by atoms with Gasteiger partial charge in [-0.3, -0.25) is 4.79 Å². The molecule has 4 heteroatoms. The summed E-state index contributed by atoms with van der Waals surface area (Å²) in [7, 11) is 0. The Balaban J connectivity index is 0.00000180. The van der Waals surface area contributed by atoms with E-state index < -0.39 is 0 Å². The Morgan fingerprint density at radius 1 is 1.26 bits per heavy atom. The van der Waals surface area contributed by atoms with Gasteiger partial charge in [0.25, 0.3) is 5.91 Å². The highest BCUT2D eigenvalue weighted by atomic mass is 35.5. The number of amides is 1. The van der Waals surface area contributed by atoms with Crippen LogP contribution in [-0.4, -0.2) is 36.0 Å². The summed E-state index contributed by atoms with van der Waals surface area (Å²) < 4.78 is 0. The van der Waals surface area contributed by atoms with Crippen molar-refractivity contribution in [1.29, 1.82) is 0 Å². The van der Waals surface area contributed by atoms with Crippen LogP contribution in [-0.2, 0) is 6.42 Å². The summed E-state index contributed by atoms with van der Waals surface area (Å²) in [4.78, 5) is 14.5. The van der Waals surface area contributed by atoms with Crippen LogP contribution in [0.4, 0.5) is 0 Å². The lowest BCUT2D eigenvalue weighted by Gasteiger charge is -2.36. The zero-order valence-electron chi connectivity index (χ0n) is 11.8. The third-order valence-electron chi connectivity index (χ3n) is 3.47. The van der Waals surface area contributed by atoms with E-state index >= 15 is 0 Å².